The van der Waals surface area contributed by atoms with Gasteiger partial charge in [0.1, 0.15) is 29.8 Å². The third-order valence-corrected chi connectivity index (χ3v) is 10.1. The molecule has 4 fully saturated rings. The van der Waals surface area contributed by atoms with Crippen LogP contribution in [0.2, 0.25) is 0 Å². The Morgan fingerprint density at radius 1 is 0.909 bits per heavy atom. The van der Waals surface area contributed by atoms with Crippen molar-refractivity contribution < 1.29 is 61.2 Å². The van der Waals surface area contributed by atoms with Gasteiger partial charge in [0.25, 0.3) is 0 Å². The van der Waals surface area contributed by atoms with Crippen molar-refractivity contribution in [1.82, 2.24) is 15.7 Å². The summed E-state index contributed by atoms with van der Waals surface area (Å²) in [5.41, 5.74) is 0.622. The third kappa shape index (κ3) is 7.47. The number of esters is 2. The first-order chi connectivity index (χ1) is 26.4. The molecule has 1 aliphatic carbocycles. The quantitative estimate of drug-likeness (QED) is 0.173. The summed E-state index contributed by atoms with van der Waals surface area (Å²) in [6.07, 6.45) is -6.53. The lowest BCUT2D eigenvalue weighted by molar-refractivity contribution is -0.213. The Bertz CT molecular complexity index is 1890. The summed E-state index contributed by atoms with van der Waals surface area (Å²) < 4.78 is 61.9. The highest BCUT2D eigenvalue weighted by Crippen LogP contribution is 2.59. The van der Waals surface area contributed by atoms with Gasteiger partial charge in [-0.1, -0.05) is 84.9 Å². The molecular formula is C39H38F3N3O10. The summed E-state index contributed by atoms with van der Waals surface area (Å²) in [7, 11) is 0. The van der Waals surface area contributed by atoms with Crippen molar-refractivity contribution in [3.63, 3.8) is 0 Å². The van der Waals surface area contributed by atoms with Gasteiger partial charge in [0.2, 0.25) is 17.6 Å². The maximum Gasteiger partial charge on any atom is 0.422 e. The highest BCUT2D eigenvalue weighted by atomic mass is 19.4. The van der Waals surface area contributed by atoms with Crippen LogP contribution in [-0.2, 0) is 55.3 Å². The van der Waals surface area contributed by atoms with Crippen LogP contribution in [-0.4, -0.2) is 96.9 Å². The molecule has 2 amide bonds. The summed E-state index contributed by atoms with van der Waals surface area (Å²) in [5.74, 6) is -4.40. The van der Waals surface area contributed by atoms with E-state index in [9.17, 15) is 32.3 Å². The number of hydroxylamine groups is 2. The molecule has 2 bridgehead atoms. The minimum Gasteiger partial charge on any atom is -0.458 e. The molecule has 3 aromatic carbocycles. The second-order valence-corrected chi connectivity index (χ2v) is 13.6. The van der Waals surface area contributed by atoms with Crippen LogP contribution < -0.4 is 10.6 Å². The van der Waals surface area contributed by atoms with Crippen LogP contribution in [0.25, 0.3) is 6.08 Å². The number of rotatable bonds is 13. The van der Waals surface area contributed by atoms with Crippen LogP contribution in [0.5, 0.6) is 0 Å². The number of hydrogen-bond acceptors (Lipinski definition) is 11. The Balaban J connectivity index is 1.23. The molecular weight excluding hydrogens is 727 g/mol. The average molecular weight is 766 g/mol. The summed E-state index contributed by atoms with van der Waals surface area (Å²) in [4.78, 5) is 59.7. The normalized spacial score (nSPS) is 26.6. The second-order valence-electron chi connectivity index (χ2n) is 13.6. The van der Waals surface area contributed by atoms with Crippen LogP contribution in [0.4, 0.5) is 13.2 Å². The molecule has 4 aliphatic rings. The lowest BCUT2D eigenvalue weighted by Gasteiger charge is -2.48. The molecule has 0 aromatic heterocycles. The molecule has 1 saturated carbocycles. The lowest BCUT2D eigenvalue weighted by Crippen LogP contribution is -2.69. The number of amides is 2. The monoisotopic (exact) mass is 765 g/mol. The first-order valence-corrected chi connectivity index (χ1v) is 17.7. The molecule has 3 aromatic rings. The number of carbonyl (C=O) groups excluding carboxylic acids is 4. The molecule has 3 N–H and O–H groups in total. The summed E-state index contributed by atoms with van der Waals surface area (Å²) in [5, 5.41) is 15.8. The molecule has 290 valence electrons. The molecule has 6 atom stereocenters. The molecule has 3 aliphatic heterocycles. The number of carbonyl (C=O) groups is 4. The molecule has 3 heterocycles. The van der Waals surface area contributed by atoms with Gasteiger partial charge >= 0.3 is 18.1 Å². The van der Waals surface area contributed by atoms with E-state index in [-0.39, 0.29) is 39.1 Å². The Kier molecular flexibility index (Phi) is 10.8. The predicted octanol–water partition coefficient (Wildman–Crippen LogP) is 2.91. The summed E-state index contributed by atoms with van der Waals surface area (Å²) in [6.45, 7) is -2.16. The number of hydrogen-bond donors (Lipinski definition) is 3. The minimum atomic E-state index is -4.69. The van der Waals surface area contributed by atoms with Crippen molar-refractivity contribution in [2.24, 2.45) is 5.41 Å². The van der Waals surface area contributed by atoms with E-state index in [2.05, 4.69) is 15.4 Å². The van der Waals surface area contributed by atoms with E-state index < -0.39 is 78.2 Å². The first kappa shape index (κ1) is 38.2. The van der Waals surface area contributed by atoms with E-state index in [0.29, 0.717) is 22.3 Å². The van der Waals surface area contributed by atoms with Crippen molar-refractivity contribution in [1.29, 1.82) is 0 Å². The Hall–Kier alpha value is -5.13. The zero-order chi connectivity index (χ0) is 38.8. The van der Waals surface area contributed by atoms with Crippen LogP contribution >= 0.6 is 0 Å². The van der Waals surface area contributed by atoms with E-state index in [4.69, 9.17) is 24.2 Å². The van der Waals surface area contributed by atoms with E-state index in [1.807, 2.05) is 60.7 Å². The second kappa shape index (κ2) is 15.5. The van der Waals surface area contributed by atoms with E-state index in [1.54, 1.807) is 24.3 Å². The van der Waals surface area contributed by atoms with Crippen LogP contribution in [0.3, 0.4) is 0 Å². The number of halogens is 3. The number of ether oxygens (including phenoxy) is 4. The van der Waals surface area contributed by atoms with Gasteiger partial charge in [-0.15, -0.1) is 0 Å². The van der Waals surface area contributed by atoms with E-state index >= 15 is 0 Å². The number of nitrogens with one attached hydrogen (secondary N) is 2. The van der Waals surface area contributed by atoms with Gasteiger partial charge in [0, 0.05) is 43.1 Å². The first-order valence-electron chi connectivity index (χ1n) is 17.7. The number of alkyl halides is 3. The molecule has 3 saturated heterocycles. The van der Waals surface area contributed by atoms with E-state index in [0.717, 1.165) is 6.08 Å². The lowest BCUT2D eigenvalue weighted by atomic mass is 9.62. The fourth-order valence-corrected chi connectivity index (χ4v) is 7.79. The van der Waals surface area contributed by atoms with Gasteiger partial charge in [-0.3, -0.25) is 19.2 Å². The van der Waals surface area contributed by atoms with Crippen molar-refractivity contribution >= 4 is 29.8 Å². The number of benzene rings is 3. The Morgan fingerprint density at radius 2 is 1.56 bits per heavy atom. The van der Waals surface area contributed by atoms with Gasteiger partial charge in [-0.05, 0) is 17.2 Å². The van der Waals surface area contributed by atoms with Crippen LogP contribution in [0.15, 0.2) is 91.0 Å². The fraction of sp³-hybridized carbons (Fsp3) is 0.385. The topological polar surface area (TPSA) is 162 Å². The maximum atomic E-state index is 14.6. The zero-order valence-electron chi connectivity index (χ0n) is 29.3. The van der Waals surface area contributed by atoms with Crippen molar-refractivity contribution in [2.75, 3.05) is 26.3 Å². The maximum absolute atomic E-state index is 14.6. The van der Waals surface area contributed by atoms with Crippen molar-refractivity contribution in [2.45, 2.75) is 61.8 Å². The van der Waals surface area contributed by atoms with Crippen LogP contribution in [0, 0.1) is 5.41 Å². The molecule has 0 spiro atoms. The molecule has 0 radical (unpaired) electrons. The predicted molar refractivity (Wildman–Crippen MR) is 185 cm³/mol. The van der Waals surface area contributed by atoms with Gasteiger partial charge in [-0.25, -0.2) is 4.79 Å². The third-order valence-electron chi connectivity index (χ3n) is 10.1. The van der Waals surface area contributed by atoms with Crippen LogP contribution in [0.1, 0.15) is 35.1 Å². The minimum absolute atomic E-state index is 0.0100. The number of nitrogens with zero attached hydrogens (tertiary/aromatic N) is 1. The van der Waals surface area contributed by atoms with Crippen molar-refractivity contribution in [3.8, 4) is 0 Å². The average Bonchev–Trinajstić information content (AvgIpc) is 3.76. The molecule has 6 unspecified atom stereocenters. The Morgan fingerprint density at radius 3 is 2.24 bits per heavy atom. The highest BCUT2D eigenvalue weighted by Gasteiger charge is 2.76. The summed E-state index contributed by atoms with van der Waals surface area (Å²) in [6, 6.07) is 23.8. The number of aliphatic hydroxyl groups is 1. The largest absolute Gasteiger partial charge is 0.458 e. The van der Waals surface area contributed by atoms with Gasteiger partial charge in [-0.2, -0.15) is 18.2 Å². The smallest absolute Gasteiger partial charge is 0.422 e. The van der Waals surface area contributed by atoms with Gasteiger partial charge < -0.3 is 34.7 Å². The number of aliphatic hydroxyl groups excluding tert-OH is 1. The standard InChI is InChI=1S/C39H38F3N3O10/c40-38(41,42)23-51-30(48)16-15-24-9-7-8-10-25(24)22-45-33-35(49)52-28-21-37(33,36(50)44-18-17-29(47)43-19-20-46)34(55-45)32-31(28)53-39(54-32,26-11-3-1-4-12-26)27-13-5-2-6-14-27/h1-16,28,31-34,46H,17-23H2,(H,43,47)(H,44,50). The number of fused-ring (bicyclic) bond motifs is 4. The fourth-order valence-electron chi connectivity index (χ4n) is 7.79. The van der Waals surface area contributed by atoms with Gasteiger partial charge in [0.15, 0.2) is 12.6 Å². The van der Waals surface area contributed by atoms with Gasteiger partial charge in [0.05, 0.1) is 13.2 Å². The SMILES string of the molecule is O=C(CCNC(=O)C12CC3OC(=O)C1N(Cc1ccccc1C=CC(=O)OCC(F)(F)F)OC2C1OC(c2ccccc2)(c2ccccc2)OC31)NCCO. The highest BCUT2D eigenvalue weighted by molar-refractivity contribution is 5.94. The zero-order valence-corrected chi connectivity index (χ0v) is 29.3. The molecule has 13 nitrogen and oxygen atoms in total. The molecule has 55 heavy (non-hydrogen) atoms. The molecule has 16 heteroatoms. The summed E-state index contributed by atoms with van der Waals surface area (Å²) >= 11 is 0. The van der Waals surface area contributed by atoms with E-state index in [1.165, 1.54) is 11.1 Å². The Labute approximate surface area is 313 Å². The molecule has 7 rings (SSSR count). The van der Waals surface area contributed by atoms with Crippen molar-refractivity contribution in [3.05, 3.63) is 113 Å².